The summed E-state index contributed by atoms with van der Waals surface area (Å²) < 4.78 is 0. The number of alkyl halides is 1. The maximum Gasteiger partial charge on any atom is 0.161 e. The molecule has 0 saturated carbocycles. The molecule has 0 aliphatic heterocycles. The molecule has 0 aromatic rings. The Morgan fingerprint density at radius 1 is 1.55 bits per heavy atom. The van der Waals surface area contributed by atoms with Crippen LogP contribution in [0.3, 0.4) is 0 Å². The van der Waals surface area contributed by atoms with Crippen LogP contribution in [0.2, 0.25) is 0 Å². The third-order valence-corrected chi connectivity index (χ3v) is 2.00. The number of hydrogen-bond donors (Lipinski definition) is 0. The van der Waals surface area contributed by atoms with Gasteiger partial charge in [-0.15, -0.1) is 0 Å². The van der Waals surface area contributed by atoms with Crippen LogP contribution in [-0.2, 0) is 4.79 Å². The molecule has 2 heteroatoms. The molecule has 0 N–H and O–H groups in total. The number of halogens is 1. The molecule has 0 fully saturated rings. The van der Waals surface area contributed by atoms with Gasteiger partial charge >= 0.3 is 0 Å². The molecule has 0 heterocycles. The molecule has 0 rings (SSSR count). The molecule has 0 bridgehead atoms. The van der Waals surface area contributed by atoms with Crippen LogP contribution in [0.15, 0.2) is 11.6 Å². The zero-order chi connectivity index (χ0) is 8.69. The number of hydrogen-bond acceptors (Lipinski definition) is 1. The van der Waals surface area contributed by atoms with Gasteiger partial charge in [-0.25, -0.2) is 0 Å². The number of allylic oxidation sites excluding steroid dienone is 2. The molecule has 63 valence electrons. The van der Waals surface area contributed by atoms with Crippen LogP contribution in [0.1, 0.15) is 26.7 Å². The van der Waals surface area contributed by atoms with E-state index in [1.807, 2.05) is 13.0 Å². The van der Waals surface area contributed by atoms with Crippen molar-refractivity contribution in [1.29, 1.82) is 0 Å². The third-order valence-electron chi connectivity index (χ3n) is 1.44. The molecule has 0 atom stereocenters. The summed E-state index contributed by atoms with van der Waals surface area (Å²) in [5.74, 6) is 0.138. The zero-order valence-electron chi connectivity index (χ0n) is 7.06. The summed E-state index contributed by atoms with van der Waals surface area (Å²) in [6.45, 7) is 3.63. The molecule has 0 aliphatic rings. The number of unbranched alkanes of at least 4 members (excludes halogenated alkanes) is 1. The molecule has 0 saturated heterocycles. The van der Waals surface area contributed by atoms with Gasteiger partial charge in [0.2, 0.25) is 0 Å². The lowest BCUT2D eigenvalue weighted by atomic mass is 10.1. The summed E-state index contributed by atoms with van der Waals surface area (Å²) >= 11 is 3.33. The Balaban J connectivity index is 3.71. The van der Waals surface area contributed by atoms with Gasteiger partial charge in [0.05, 0.1) is 0 Å². The molecule has 0 aliphatic carbocycles. The van der Waals surface area contributed by atoms with Gasteiger partial charge in [0, 0.05) is 11.8 Å². The maximum absolute atomic E-state index is 11.0. The van der Waals surface area contributed by atoms with Crippen LogP contribution < -0.4 is 0 Å². The van der Waals surface area contributed by atoms with Crippen LogP contribution in [0.25, 0.3) is 0 Å². The highest BCUT2D eigenvalue weighted by atomic mass is 79.9. The van der Waals surface area contributed by atoms with Gasteiger partial charge < -0.3 is 0 Å². The molecule has 0 unspecified atom stereocenters. The molecule has 0 aromatic heterocycles. The Morgan fingerprint density at radius 2 is 2.18 bits per heavy atom. The number of carbonyl (C=O) groups excluding carboxylic acids is 1. The topological polar surface area (TPSA) is 17.1 Å². The maximum atomic E-state index is 11.0. The summed E-state index contributed by atoms with van der Waals surface area (Å²) in [4.78, 5) is 11.0. The van der Waals surface area contributed by atoms with Gasteiger partial charge in [0.15, 0.2) is 5.78 Å². The van der Waals surface area contributed by atoms with Gasteiger partial charge in [-0.2, -0.15) is 0 Å². The molecular weight excluding hydrogens is 204 g/mol. The van der Waals surface area contributed by atoms with Crippen LogP contribution >= 0.6 is 15.9 Å². The van der Waals surface area contributed by atoms with E-state index in [0.717, 1.165) is 23.7 Å². The minimum absolute atomic E-state index is 0.138. The number of Topliss-reactive ketones (excluding diaryl/α,β-unsaturated/α-hetero) is 1. The highest BCUT2D eigenvalue weighted by Gasteiger charge is 1.98. The highest BCUT2D eigenvalue weighted by Crippen LogP contribution is 2.02. The van der Waals surface area contributed by atoms with Gasteiger partial charge in [0.25, 0.3) is 0 Å². The van der Waals surface area contributed by atoms with Crippen molar-refractivity contribution in [2.75, 3.05) is 5.33 Å². The van der Waals surface area contributed by atoms with Crippen LogP contribution in [-0.4, -0.2) is 11.1 Å². The van der Waals surface area contributed by atoms with Crippen molar-refractivity contribution in [2.24, 2.45) is 0 Å². The van der Waals surface area contributed by atoms with Gasteiger partial charge in [0.1, 0.15) is 0 Å². The SMILES string of the molecule is C[CH]C(=O)/C(C)=C/CCCBr. The third kappa shape index (κ3) is 5.19. The van der Waals surface area contributed by atoms with Crippen molar-refractivity contribution in [3.63, 3.8) is 0 Å². The smallest absolute Gasteiger partial charge is 0.161 e. The second kappa shape index (κ2) is 6.59. The van der Waals surface area contributed by atoms with E-state index in [2.05, 4.69) is 15.9 Å². The fraction of sp³-hybridized carbons (Fsp3) is 0.556. The average Bonchev–Trinajstić information content (AvgIpc) is 2.03. The second-order valence-corrected chi connectivity index (χ2v) is 3.16. The number of carbonyl (C=O) groups is 1. The van der Waals surface area contributed by atoms with Gasteiger partial charge in [-0.1, -0.05) is 28.9 Å². The first kappa shape index (κ1) is 10.9. The molecule has 11 heavy (non-hydrogen) atoms. The first-order valence-electron chi connectivity index (χ1n) is 3.78. The Hall–Kier alpha value is -0.110. The lowest BCUT2D eigenvalue weighted by Crippen LogP contribution is -1.96. The lowest BCUT2D eigenvalue weighted by Gasteiger charge is -1.95. The Morgan fingerprint density at radius 3 is 2.64 bits per heavy atom. The van der Waals surface area contributed by atoms with Gasteiger partial charge in [-0.3, -0.25) is 4.79 Å². The van der Waals surface area contributed by atoms with Crippen LogP contribution in [0.4, 0.5) is 0 Å². The Bertz CT molecular complexity index is 150. The molecule has 0 spiro atoms. The number of ketones is 1. The predicted octanol–water partition coefficient (Wildman–Crippen LogP) is 2.90. The summed E-state index contributed by atoms with van der Waals surface area (Å²) in [6.07, 6.45) is 5.66. The molecule has 0 aromatic carbocycles. The van der Waals surface area contributed by atoms with Crippen molar-refractivity contribution in [2.45, 2.75) is 26.7 Å². The molecular formula is C9H14BrO. The Labute approximate surface area is 77.0 Å². The second-order valence-electron chi connectivity index (χ2n) is 2.37. The minimum atomic E-state index is 0.138. The summed E-state index contributed by atoms with van der Waals surface area (Å²) in [5, 5.41) is 1.00. The molecule has 1 radical (unpaired) electrons. The highest BCUT2D eigenvalue weighted by molar-refractivity contribution is 9.09. The first-order valence-corrected chi connectivity index (χ1v) is 4.91. The number of rotatable bonds is 5. The largest absolute Gasteiger partial charge is 0.294 e. The minimum Gasteiger partial charge on any atom is -0.294 e. The summed E-state index contributed by atoms with van der Waals surface area (Å²) in [6, 6.07) is 0. The molecule has 0 amide bonds. The van der Waals surface area contributed by atoms with Crippen LogP contribution in [0.5, 0.6) is 0 Å². The van der Waals surface area contributed by atoms with Gasteiger partial charge in [-0.05, 0) is 25.3 Å². The van der Waals surface area contributed by atoms with Crippen molar-refractivity contribution in [3.05, 3.63) is 18.1 Å². The van der Waals surface area contributed by atoms with Crippen molar-refractivity contribution in [1.82, 2.24) is 0 Å². The van der Waals surface area contributed by atoms with E-state index in [1.54, 1.807) is 13.3 Å². The van der Waals surface area contributed by atoms with E-state index in [0.29, 0.717) is 0 Å². The average molecular weight is 218 g/mol. The normalized spacial score (nSPS) is 11.7. The zero-order valence-corrected chi connectivity index (χ0v) is 8.65. The standard InChI is InChI=1S/C9H14BrO/c1-3-9(11)8(2)6-4-5-7-10/h3,6H,4-5,7H2,1-2H3/b8-6+. The van der Waals surface area contributed by atoms with E-state index >= 15 is 0 Å². The lowest BCUT2D eigenvalue weighted by molar-refractivity contribution is -0.112. The predicted molar refractivity (Wildman–Crippen MR) is 51.8 cm³/mol. The van der Waals surface area contributed by atoms with E-state index < -0.39 is 0 Å². The van der Waals surface area contributed by atoms with E-state index in [9.17, 15) is 4.79 Å². The van der Waals surface area contributed by atoms with E-state index in [4.69, 9.17) is 0 Å². The monoisotopic (exact) mass is 217 g/mol. The molecule has 1 nitrogen and oxygen atoms in total. The fourth-order valence-electron chi connectivity index (χ4n) is 0.724. The Kier molecular flexibility index (Phi) is 6.52. The van der Waals surface area contributed by atoms with E-state index in [1.165, 1.54) is 0 Å². The fourth-order valence-corrected chi connectivity index (χ4v) is 1.05. The van der Waals surface area contributed by atoms with E-state index in [-0.39, 0.29) is 5.78 Å². The first-order chi connectivity index (χ1) is 5.22. The van der Waals surface area contributed by atoms with Crippen LogP contribution in [0, 0.1) is 6.42 Å². The van der Waals surface area contributed by atoms with Crippen molar-refractivity contribution < 1.29 is 4.79 Å². The quantitative estimate of drug-likeness (QED) is 0.394. The van der Waals surface area contributed by atoms with Crippen molar-refractivity contribution in [3.8, 4) is 0 Å². The van der Waals surface area contributed by atoms with Crippen molar-refractivity contribution >= 4 is 21.7 Å². The summed E-state index contributed by atoms with van der Waals surface area (Å²) in [7, 11) is 0. The summed E-state index contributed by atoms with van der Waals surface area (Å²) in [5.41, 5.74) is 0.855.